The van der Waals surface area contributed by atoms with Crippen LogP contribution < -0.4 is 0 Å². The maximum Gasteiger partial charge on any atom is 0.209 e. The summed E-state index contributed by atoms with van der Waals surface area (Å²) in [6.07, 6.45) is 0. The molecule has 1 radical (unpaired) electrons. The minimum Gasteiger partial charge on any atom is -0.483 e. The van der Waals surface area contributed by atoms with E-state index in [2.05, 4.69) is 49.8 Å². The lowest BCUT2D eigenvalue weighted by molar-refractivity contribution is 1.01. The monoisotopic (exact) mass is 509 g/mol. The van der Waals surface area contributed by atoms with E-state index in [-0.39, 0.29) is 7.12 Å². The molecule has 0 saturated carbocycles. The van der Waals surface area contributed by atoms with Gasteiger partial charge in [-0.1, -0.05) is 73.1 Å². The van der Waals surface area contributed by atoms with Crippen LogP contribution >= 0.6 is 70.7 Å². The highest BCUT2D eigenvalue weighted by molar-refractivity contribution is 7.74. The average molecular weight is 510 g/mol. The molecule has 10 heteroatoms. The first kappa shape index (κ1) is 19.7. The third-order valence-electron chi connectivity index (χ3n) is 5.25. The number of aromatic nitrogens is 3. The van der Waals surface area contributed by atoms with Gasteiger partial charge in [-0.3, -0.25) is 0 Å². The van der Waals surface area contributed by atoms with E-state index in [1.807, 2.05) is 36.4 Å². The van der Waals surface area contributed by atoms with Crippen molar-refractivity contribution in [3.63, 3.8) is 0 Å². The number of para-hydroxylation sites is 3. The van der Waals surface area contributed by atoms with Gasteiger partial charge in [0.1, 0.15) is 11.9 Å². The van der Waals surface area contributed by atoms with Crippen molar-refractivity contribution in [2.45, 2.75) is 0 Å². The van der Waals surface area contributed by atoms with Crippen LogP contribution in [-0.4, -0.2) is 20.6 Å². The zero-order valence-corrected chi connectivity index (χ0v) is 20.7. The largest absolute Gasteiger partial charge is 0.483 e. The first-order chi connectivity index (χ1) is 15.1. The summed E-state index contributed by atoms with van der Waals surface area (Å²) in [5.74, 6) is 0. The lowest BCUT2D eigenvalue weighted by atomic mass is 9.90. The maximum absolute atomic E-state index is 5.90. The van der Waals surface area contributed by atoms with Crippen molar-refractivity contribution in [1.29, 1.82) is 0 Å². The minimum absolute atomic E-state index is 0.323. The molecule has 0 aliphatic rings. The molecule has 6 rings (SSSR count). The average Bonchev–Trinajstić information content (AvgIpc) is 3.39. The number of hydrogen-bond donors (Lipinski definition) is 0. The molecule has 3 nitrogen and oxygen atoms in total. The molecule has 0 atom stereocenters. The molecule has 3 aromatic heterocycles. The van der Waals surface area contributed by atoms with Gasteiger partial charge >= 0.3 is 0 Å². The summed E-state index contributed by atoms with van der Waals surface area (Å²) < 4.78 is 12.4. The highest BCUT2D eigenvalue weighted by atomic mass is 32.2. The summed E-state index contributed by atoms with van der Waals surface area (Å²) in [7, 11) is -0.323. The Hall–Kier alpha value is -1.95. The molecule has 0 N–H and O–H groups in total. The van der Waals surface area contributed by atoms with E-state index in [0.29, 0.717) is 0 Å². The number of benzene rings is 3. The molecule has 3 heterocycles. The first-order valence-electron chi connectivity index (χ1n) is 9.44. The quantitative estimate of drug-likeness (QED) is 0.178. The Kier molecular flexibility index (Phi) is 4.82. The van der Waals surface area contributed by atoms with Crippen LogP contribution in [0.1, 0.15) is 0 Å². The van der Waals surface area contributed by atoms with E-state index in [1.165, 1.54) is 0 Å². The van der Waals surface area contributed by atoms with Crippen LogP contribution in [0.25, 0.3) is 30.6 Å². The Balaban J connectivity index is 1.82. The number of rotatable bonds is 3. The van der Waals surface area contributed by atoms with Crippen molar-refractivity contribution in [3.8, 4) is 0 Å². The molecular formula is C21H12BN3S6-. The second kappa shape index (κ2) is 7.58. The third kappa shape index (κ3) is 3.05. The predicted molar refractivity (Wildman–Crippen MR) is 144 cm³/mol. The van der Waals surface area contributed by atoms with E-state index in [1.54, 1.807) is 34.0 Å². The highest BCUT2D eigenvalue weighted by Gasteiger charge is 2.18. The highest BCUT2D eigenvalue weighted by Crippen LogP contribution is 2.31. The zero-order valence-electron chi connectivity index (χ0n) is 15.8. The van der Waals surface area contributed by atoms with Crippen LogP contribution in [0, 0.1) is 11.9 Å². The zero-order chi connectivity index (χ0) is 21.1. The van der Waals surface area contributed by atoms with Gasteiger partial charge in [-0.15, -0.1) is 34.0 Å². The van der Waals surface area contributed by atoms with Gasteiger partial charge in [0.25, 0.3) is 0 Å². The summed E-state index contributed by atoms with van der Waals surface area (Å²) in [5.41, 5.74) is 3.24. The molecule has 0 aliphatic carbocycles. The van der Waals surface area contributed by atoms with Crippen molar-refractivity contribution >= 4 is 108 Å². The number of nitrogens with zero attached hydrogens (tertiary/aromatic N) is 3. The summed E-state index contributed by atoms with van der Waals surface area (Å²) >= 11 is 22.6. The number of fused-ring (bicyclic) bond motifs is 3. The Morgan fingerprint density at radius 2 is 0.774 bits per heavy atom. The Morgan fingerprint density at radius 3 is 1.10 bits per heavy atom. The molecule has 31 heavy (non-hydrogen) atoms. The lowest BCUT2D eigenvalue weighted by Gasteiger charge is -2.35. The molecule has 151 valence electrons. The molecule has 0 spiro atoms. The topological polar surface area (TPSA) is 14.8 Å². The molecule has 0 fully saturated rings. The second-order valence-electron chi connectivity index (χ2n) is 6.96. The van der Waals surface area contributed by atoms with E-state index >= 15 is 0 Å². The fourth-order valence-electron chi connectivity index (χ4n) is 3.95. The fourth-order valence-corrected chi connectivity index (χ4v) is 8.03. The van der Waals surface area contributed by atoms with Gasteiger partial charge in [-0.05, 0) is 36.4 Å². The molecule has 0 bridgehead atoms. The molecule has 0 unspecified atom stereocenters. The van der Waals surface area contributed by atoms with Gasteiger partial charge < -0.3 is 13.4 Å². The molecule has 0 aliphatic heterocycles. The molecule has 0 amide bonds. The SMILES string of the molecule is S=c1sc2ccccc2n1[B-](n1c(=S)sc2ccccc21)n1c(=S)sc2ccccc21. The van der Waals surface area contributed by atoms with Crippen LogP contribution in [-0.2, 0) is 0 Å². The van der Waals surface area contributed by atoms with Crippen molar-refractivity contribution in [2.24, 2.45) is 0 Å². The Bertz CT molecular complexity index is 1570. The normalized spacial score (nSPS) is 11.9. The molecule has 6 aromatic rings. The van der Waals surface area contributed by atoms with Crippen LogP contribution in [0.5, 0.6) is 0 Å². The predicted octanol–water partition coefficient (Wildman–Crippen LogP) is 7.85. The van der Waals surface area contributed by atoms with Crippen molar-refractivity contribution in [1.82, 2.24) is 13.4 Å². The summed E-state index contributed by atoms with van der Waals surface area (Å²) in [6, 6.07) is 25.0. The van der Waals surface area contributed by atoms with Gasteiger partial charge in [0.2, 0.25) is 7.12 Å². The number of hydrogen-bond acceptors (Lipinski definition) is 6. The summed E-state index contributed by atoms with van der Waals surface area (Å²) in [4.78, 5) is 0. The van der Waals surface area contributed by atoms with E-state index in [0.717, 1.165) is 42.5 Å². The van der Waals surface area contributed by atoms with Crippen LogP contribution in [0.2, 0.25) is 0 Å². The van der Waals surface area contributed by atoms with Gasteiger partial charge in [-0.25, -0.2) is 0 Å². The van der Waals surface area contributed by atoms with Crippen molar-refractivity contribution in [2.75, 3.05) is 0 Å². The van der Waals surface area contributed by atoms with Gasteiger partial charge in [-0.2, -0.15) is 0 Å². The molecule has 0 saturated heterocycles. The fraction of sp³-hybridized carbons (Fsp3) is 0. The van der Waals surface area contributed by atoms with Crippen LogP contribution in [0.4, 0.5) is 0 Å². The second-order valence-corrected chi connectivity index (χ2v) is 12.0. The van der Waals surface area contributed by atoms with Gasteiger partial charge in [0.15, 0.2) is 0 Å². The first-order valence-corrected chi connectivity index (χ1v) is 13.1. The van der Waals surface area contributed by atoms with Crippen LogP contribution in [0.3, 0.4) is 0 Å². The maximum atomic E-state index is 5.90. The Labute approximate surface area is 205 Å². The summed E-state index contributed by atoms with van der Waals surface area (Å²) in [6.45, 7) is 0. The molecular weight excluding hydrogens is 497 g/mol. The van der Waals surface area contributed by atoms with Gasteiger partial charge in [0.05, 0.1) is 0 Å². The smallest absolute Gasteiger partial charge is 0.209 e. The van der Waals surface area contributed by atoms with E-state index in [9.17, 15) is 0 Å². The van der Waals surface area contributed by atoms with Gasteiger partial charge in [0, 0.05) is 30.6 Å². The third-order valence-corrected chi connectivity index (χ3v) is 9.40. The Morgan fingerprint density at radius 1 is 0.484 bits per heavy atom. The lowest BCUT2D eigenvalue weighted by Crippen LogP contribution is -2.41. The standard InChI is InChI=1S/C21H12BN3S6/c26-19-23(13-7-1-4-10-16(13)29-19)22(24-14-8-2-5-11-17(14)30-20(24)27)25-15-9-3-6-12-18(15)31-21(25)28/h1-12H/q-1. The van der Waals surface area contributed by atoms with Crippen molar-refractivity contribution in [3.05, 3.63) is 84.7 Å². The summed E-state index contributed by atoms with van der Waals surface area (Å²) in [5, 5.41) is 0. The van der Waals surface area contributed by atoms with E-state index < -0.39 is 0 Å². The number of thiazole rings is 3. The molecule has 3 aromatic carbocycles. The van der Waals surface area contributed by atoms with E-state index in [4.69, 9.17) is 36.7 Å². The minimum atomic E-state index is -0.323. The van der Waals surface area contributed by atoms with Crippen LogP contribution in [0.15, 0.2) is 72.8 Å². The van der Waals surface area contributed by atoms with Crippen molar-refractivity contribution < 1.29 is 0 Å².